The van der Waals surface area contributed by atoms with E-state index in [1.54, 1.807) is 18.2 Å². The van der Waals surface area contributed by atoms with Gasteiger partial charge in [0.15, 0.2) is 5.78 Å². The number of methoxy groups -OCH3 is 1. The molecule has 1 amide bonds. The highest BCUT2D eigenvalue weighted by atomic mass is 16.5. The Hall–Kier alpha value is -1.84. The van der Waals surface area contributed by atoms with Crippen molar-refractivity contribution < 1.29 is 14.3 Å². The Bertz CT molecular complexity index is 413. The summed E-state index contributed by atoms with van der Waals surface area (Å²) in [6.07, 6.45) is 0. The number of hydrogen-bond acceptors (Lipinski definition) is 3. The van der Waals surface area contributed by atoms with Crippen molar-refractivity contribution in [1.82, 2.24) is 5.32 Å². The summed E-state index contributed by atoms with van der Waals surface area (Å²) in [6, 6.07) is 4.79. The molecule has 4 heteroatoms. The van der Waals surface area contributed by atoms with Gasteiger partial charge in [0, 0.05) is 12.1 Å². The molecule has 0 radical (unpaired) electrons. The largest absolute Gasteiger partial charge is 0.496 e. The van der Waals surface area contributed by atoms with Crippen molar-refractivity contribution >= 4 is 11.7 Å². The van der Waals surface area contributed by atoms with Crippen LogP contribution in [0.3, 0.4) is 0 Å². The van der Waals surface area contributed by atoms with Gasteiger partial charge in [-0.05, 0) is 32.0 Å². The van der Waals surface area contributed by atoms with Crippen LogP contribution in [0.15, 0.2) is 18.2 Å². The second kappa shape index (κ2) is 5.30. The number of carbonyl (C=O) groups is 2. The number of carbonyl (C=O) groups excluding carboxylic acids is 2. The minimum absolute atomic E-state index is 0.0840. The first kappa shape index (κ1) is 12.2. The highest BCUT2D eigenvalue weighted by molar-refractivity contribution is 6.00. The first-order chi connectivity index (χ1) is 7.60. The predicted octanol–water partition coefficient (Wildman–Crippen LogP) is 1.65. The second-order valence-electron chi connectivity index (χ2n) is 3.33. The topological polar surface area (TPSA) is 55.4 Å². The van der Waals surface area contributed by atoms with Crippen LogP contribution in [0.4, 0.5) is 0 Å². The molecule has 1 N–H and O–H groups in total. The van der Waals surface area contributed by atoms with Gasteiger partial charge >= 0.3 is 0 Å². The van der Waals surface area contributed by atoms with Gasteiger partial charge in [0.1, 0.15) is 5.75 Å². The number of Topliss-reactive ketones (excluding diaryl/α,β-unsaturated/α-hetero) is 1. The van der Waals surface area contributed by atoms with Crippen LogP contribution in [0, 0.1) is 0 Å². The fourth-order valence-corrected chi connectivity index (χ4v) is 1.39. The lowest BCUT2D eigenvalue weighted by Gasteiger charge is -2.08. The molecular weight excluding hydrogens is 206 g/mol. The molecule has 1 aromatic rings. The van der Waals surface area contributed by atoms with Crippen LogP contribution in [-0.4, -0.2) is 25.3 Å². The lowest BCUT2D eigenvalue weighted by Crippen LogP contribution is -2.22. The standard InChI is InChI=1S/C12H15NO3/c1-4-13-12(15)9-5-6-10(8(2)14)11(7-9)16-3/h5-7H,4H2,1-3H3,(H,13,15). The van der Waals surface area contributed by atoms with Crippen LogP contribution in [0.1, 0.15) is 34.6 Å². The Morgan fingerprint density at radius 2 is 2.06 bits per heavy atom. The molecule has 0 aliphatic rings. The number of nitrogens with one attached hydrogen (secondary N) is 1. The molecule has 16 heavy (non-hydrogen) atoms. The molecule has 0 fully saturated rings. The van der Waals surface area contributed by atoms with Crippen LogP contribution in [0.25, 0.3) is 0 Å². The number of benzene rings is 1. The van der Waals surface area contributed by atoms with Gasteiger partial charge in [-0.15, -0.1) is 0 Å². The van der Waals surface area contributed by atoms with Crippen molar-refractivity contribution in [2.24, 2.45) is 0 Å². The summed E-state index contributed by atoms with van der Waals surface area (Å²) in [5.41, 5.74) is 0.972. The maximum Gasteiger partial charge on any atom is 0.251 e. The zero-order chi connectivity index (χ0) is 12.1. The van der Waals surface area contributed by atoms with Crippen LogP contribution in [0.5, 0.6) is 5.75 Å². The molecule has 0 aliphatic heterocycles. The van der Waals surface area contributed by atoms with E-state index < -0.39 is 0 Å². The lowest BCUT2D eigenvalue weighted by molar-refractivity contribution is 0.0952. The van der Waals surface area contributed by atoms with Crippen molar-refractivity contribution in [1.29, 1.82) is 0 Å². The normalized spacial score (nSPS) is 9.69. The number of amides is 1. The summed E-state index contributed by atoms with van der Waals surface area (Å²) < 4.78 is 5.07. The fourth-order valence-electron chi connectivity index (χ4n) is 1.39. The van der Waals surface area contributed by atoms with Crippen molar-refractivity contribution in [2.45, 2.75) is 13.8 Å². The van der Waals surface area contributed by atoms with Gasteiger partial charge < -0.3 is 10.1 Å². The molecule has 4 nitrogen and oxygen atoms in total. The van der Waals surface area contributed by atoms with Gasteiger partial charge in [0.2, 0.25) is 0 Å². The first-order valence-electron chi connectivity index (χ1n) is 5.07. The zero-order valence-electron chi connectivity index (χ0n) is 9.66. The predicted molar refractivity (Wildman–Crippen MR) is 61.0 cm³/mol. The molecule has 0 saturated carbocycles. The third-order valence-corrected chi connectivity index (χ3v) is 2.18. The molecule has 0 heterocycles. The first-order valence-corrected chi connectivity index (χ1v) is 5.07. The average Bonchev–Trinajstić information content (AvgIpc) is 2.28. The quantitative estimate of drug-likeness (QED) is 0.786. The molecule has 1 aromatic carbocycles. The third-order valence-electron chi connectivity index (χ3n) is 2.18. The molecular formula is C12H15NO3. The van der Waals surface area contributed by atoms with E-state index in [-0.39, 0.29) is 11.7 Å². The number of ether oxygens (including phenoxy) is 1. The van der Waals surface area contributed by atoms with Crippen LogP contribution in [0.2, 0.25) is 0 Å². The van der Waals surface area contributed by atoms with Gasteiger partial charge in [-0.1, -0.05) is 0 Å². The molecule has 1 rings (SSSR count). The van der Waals surface area contributed by atoms with Crippen molar-refractivity contribution in [2.75, 3.05) is 13.7 Å². The van der Waals surface area contributed by atoms with Gasteiger partial charge in [0.25, 0.3) is 5.91 Å². The van der Waals surface area contributed by atoms with E-state index >= 15 is 0 Å². The number of ketones is 1. The Balaban J connectivity index is 3.08. The highest BCUT2D eigenvalue weighted by Gasteiger charge is 2.11. The monoisotopic (exact) mass is 221 g/mol. The van der Waals surface area contributed by atoms with Crippen LogP contribution < -0.4 is 10.1 Å². The van der Waals surface area contributed by atoms with E-state index in [0.29, 0.717) is 23.4 Å². The van der Waals surface area contributed by atoms with E-state index in [0.717, 1.165) is 0 Å². The molecule has 0 aromatic heterocycles. The average molecular weight is 221 g/mol. The van der Waals surface area contributed by atoms with Crippen molar-refractivity contribution in [3.63, 3.8) is 0 Å². The van der Waals surface area contributed by atoms with Gasteiger partial charge in [0.05, 0.1) is 12.7 Å². The molecule has 0 aliphatic carbocycles. The summed E-state index contributed by atoms with van der Waals surface area (Å²) in [6.45, 7) is 3.87. The smallest absolute Gasteiger partial charge is 0.251 e. The summed E-state index contributed by atoms with van der Waals surface area (Å²) in [4.78, 5) is 22.8. The van der Waals surface area contributed by atoms with E-state index in [1.807, 2.05) is 6.92 Å². The molecule has 0 bridgehead atoms. The van der Waals surface area contributed by atoms with Crippen LogP contribution >= 0.6 is 0 Å². The summed E-state index contributed by atoms with van der Waals surface area (Å²) >= 11 is 0. The lowest BCUT2D eigenvalue weighted by atomic mass is 10.1. The van der Waals surface area contributed by atoms with E-state index in [1.165, 1.54) is 14.0 Å². The molecule has 86 valence electrons. The minimum atomic E-state index is -0.170. The third kappa shape index (κ3) is 2.59. The van der Waals surface area contributed by atoms with E-state index in [4.69, 9.17) is 4.74 Å². The molecule has 0 spiro atoms. The maximum absolute atomic E-state index is 11.5. The Morgan fingerprint density at radius 3 is 2.56 bits per heavy atom. The van der Waals surface area contributed by atoms with Gasteiger partial charge in [-0.25, -0.2) is 0 Å². The number of rotatable bonds is 4. The molecule has 0 saturated heterocycles. The second-order valence-corrected chi connectivity index (χ2v) is 3.33. The fraction of sp³-hybridized carbons (Fsp3) is 0.333. The SMILES string of the molecule is CCNC(=O)c1ccc(C(C)=O)c(OC)c1. The molecule has 0 atom stereocenters. The Labute approximate surface area is 94.6 Å². The zero-order valence-corrected chi connectivity index (χ0v) is 9.66. The Kier molecular flexibility index (Phi) is 4.05. The minimum Gasteiger partial charge on any atom is -0.496 e. The summed E-state index contributed by atoms with van der Waals surface area (Å²) in [7, 11) is 1.48. The summed E-state index contributed by atoms with van der Waals surface area (Å²) in [5, 5.41) is 2.68. The van der Waals surface area contributed by atoms with Gasteiger partial charge in [-0.3, -0.25) is 9.59 Å². The maximum atomic E-state index is 11.5. The van der Waals surface area contributed by atoms with Crippen LogP contribution in [-0.2, 0) is 0 Å². The van der Waals surface area contributed by atoms with E-state index in [9.17, 15) is 9.59 Å². The number of hydrogen-bond donors (Lipinski definition) is 1. The van der Waals surface area contributed by atoms with Crippen molar-refractivity contribution in [3.8, 4) is 5.75 Å². The van der Waals surface area contributed by atoms with Crippen molar-refractivity contribution in [3.05, 3.63) is 29.3 Å². The molecule has 0 unspecified atom stereocenters. The highest BCUT2D eigenvalue weighted by Crippen LogP contribution is 2.20. The summed E-state index contributed by atoms with van der Waals surface area (Å²) in [5.74, 6) is 0.173. The van der Waals surface area contributed by atoms with Gasteiger partial charge in [-0.2, -0.15) is 0 Å². The Morgan fingerprint density at radius 1 is 1.38 bits per heavy atom. The van der Waals surface area contributed by atoms with E-state index in [2.05, 4.69) is 5.32 Å².